The summed E-state index contributed by atoms with van der Waals surface area (Å²) >= 11 is 0. The van der Waals surface area contributed by atoms with Gasteiger partial charge in [0.2, 0.25) is 5.91 Å². The van der Waals surface area contributed by atoms with Gasteiger partial charge in [-0.1, -0.05) is 37.3 Å². The third-order valence-corrected chi connectivity index (χ3v) is 5.40. The Kier molecular flexibility index (Phi) is 11.0. The van der Waals surface area contributed by atoms with E-state index < -0.39 is 41.8 Å². The number of hydrogen-bond donors (Lipinski definition) is 3. The first kappa shape index (κ1) is 28.9. The van der Waals surface area contributed by atoms with E-state index in [1.807, 2.05) is 37.3 Å². The zero-order chi connectivity index (χ0) is 26.1. The van der Waals surface area contributed by atoms with Gasteiger partial charge in [0.1, 0.15) is 17.8 Å². The van der Waals surface area contributed by atoms with Crippen LogP contribution in [0.25, 0.3) is 0 Å². The topological polar surface area (TPSA) is 131 Å². The second-order valence-electron chi connectivity index (χ2n) is 8.59. The Morgan fingerprint density at radius 2 is 1.76 bits per heavy atom. The molecule has 0 spiro atoms. The molecule has 3 amide bonds. The molecular formula is C24H37N3O7. The van der Waals surface area contributed by atoms with Gasteiger partial charge in [-0.15, -0.1) is 0 Å². The van der Waals surface area contributed by atoms with Crippen molar-refractivity contribution in [2.75, 3.05) is 20.2 Å². The SMILES string of the molecule is CCC(N(C)/C=C\O)N(C[C@H](OC[C@@H](C)O)c1ccccc1)C(=O)N(C(C)=O)C(C)(C)C(=O)O. The van der Waals surface area contributed by atoms with Crippen molar-refractivity contribution >= 4 is 17.9 Å². The first-order valence-corrected chi connectivity index (χ1v) is 11.1. The fraction of sp³-hybridized carbons (Fsp3) is 0.542. The average molecular weight is 480 g/mol. The van der Waals surface area contributed by atoms with Crippen LogP contribution in [0.4, 0.5) is 4.79 Å². The third-order valence-electron chi connectivity index (χ3n) is 5.40. The number of amides is 3. The van der Waals surface area contributed by atoms with Gasteiger partial charge >= 0.3 is 12.0 Å². The summed E-state index contributed by atoms with van der Waals surface area (Å²) in [5, 5.41) is 28.8. The minimum absolute atomic E-state index is 0.00179. The largest absolute Gasteiger partial charge is 0.514 e. The minimum atomic E-state index is -1.81. The number of nitrogens with zero attached hydrogens (tertiary/aromatic N) is 3. The highest BCUT2D eigenvalue weighted by molar-refractivity contribution is 5.99. The Morgan fingerprint density at radius 3 is 2.21 bits per heavy atom. The summed E-state index contributed by atoms with van der Waals surface area (Å²) in [7, 11) is 1.65. The smallest absolute Gasteiger partial charge is 0.329 e. The molecule has 0 aliphatic carbocycles. The summed E-state index contributed by atoms with van der Waals surface area (Å²) in [6.45, 7) is 7.05. The fourth-order valence-corrected chi connectivity index (χ4v) is 3.61. The summed E-state index contributed by atoms with van der Waals surface area (Å²) in [5.74, 6) is -2.06. The highest BCUT2D eigenvalue weighted by Gasteiger charge is 2.44. The zero-order valence-corrected chi connectivity index (χ0v) is 20.7. The zero-order valence-electron chi connectivity index (χ0n) is 20.7. The molecule has 0 aliphatic rings. The van der Waals surface area contributed by atoms with Crippen LogP contribution in [0.5, 0.6) is 0 Å². The van der Waals surface area contributed by atoms with Crippen molar-refractivity contribution in [3.63, 3.8) is 0 Å². The molecule has 0 aliphatic heterocycles. The van der Waals surface area contributed by atoms with Gasteiger partial charge in [0, 0.05) is 20.2 Å². The van der Waals surface area contributed by atoms with Crippen LogP contribution in [0, 0.1) is 0 Å². The highest BCUT2D eigenvalue weighted by atomic mass is 16.5. The molecule has 0 fully saturated rings. The number of carbonyl (C=O) groups excluding carboxylic acids is 2. The minimum Gasteiger partial charge on any atom is -0.514 e. The molecule has 0 bridgehead atoms. The molecule has 1 aromatic carbocycles. The molecule has 190 valence electrons. The van der Waals surface area contributed by atoms with E-state index in [-0.39, 0.29) is 13.2 Å². The van der Waals surface area contributed by atoms with Crippen LogP contribution in [-0.2, 0) is 14.3 Å². The lowest BCUT2D eigenvalue weighted by atomic mass is 10.0. The van der Waals surface area contributed by atoms with Crippen LogP contribution in [0.1, 0.15) is 52.7 Å². The fourth-order valence-electron chi connectivity index (χ4n) is 3.61. The van der Waals surface area contributed by atoms with E-state index in [1.54, 1.807) is 18.9 Å². The van der Waals surface area contributed by atoms with Gasteiger partial charge < -0.3 is 29.9 Å². The summed E-state index contributed by atoms with van der Waals surface area (Å²) in [6, 6.07) is 8.28. The van der Waals surface area contributed by atoms with Crippen LogP contribution in [0.2, 0.25) is 0 Å². The van der Waals surface area contributed by atoms with Crippen LogP contribution < -0.4 is 0 Å². The van der Waals surface area contributed by atoms with Crippen molar-refractivity contribution in [1.29, 1.82) is 0 Å². The quantitative estimate of drug-likeness (QED) is 0.308. The first-order valence-electron chi connectivity index (χ1n) is 11.1. The monoisotopic (exact) mass is 479 g/mol. The average Bonchev–Trinajstić information content (AvgIpc) is 2.75. The molecule has 0 saturated heterocycles. The van der Waals surface area contributed by atoms with Gasteiger partial charge in [0.25, 0.3) is 0 Å². The van der Waals surface area contributed by atoms with Crippen molar-refractivity contribution in [3.8, 4) is 0 Å². The molecule has 34 heavy (non-hydrogen) atoms. The molecule has 10 nitrogen and oxygen atoms in total. The number of carbonyl (C=O) groups is 3. The van der Waals surface area contributed by atoms with E-state index in [0.717, 1.165) is 18.7 Å². The predicted molar refractivity (Wildman–Crippen MR) is 127 cm³/mol. The lowest BCUT2D eigenvalue weighted by molar-refractivity contribution is -0.153. The van der Waals surface area contributed by atoms with Crippen LogP contribution in [0.15, 0.2) is 42.8 Å². The predicted octanol–water partition coefficient (Wildman–Crippen LogP) is 2.96. The van der Waals surface area contributed by atoms with E-state index in [4.69, 9.17) is 4.74 Å². The summed E-state index contributed by atoms with van der Waals surface area (Å²) < 4.78 is 5.93. The van der Waals surface area contributed by atoms with Gasteiger partial charge in [-0.25, -0.2) is 14.5 Å². The number of carboxylic acid groups (broad SMARTS) is 1. The number of rotatable bonds is 12. The Labute approximate surface area is 201 Å². The second-order valence-corrected chi connectivity index (χ2v) is 8.59. The van der Waals surface area contributed by atoms with E-state index >= 15 is 0 Å². The summed E-state index contributed by atoms with van der Waals surface area (Å²) in [6.07, 6.45) is 0.503. The Balaban J connectivity index is 3.57. The van der Waals surface area contributed by atoms with E-state index in [0.29, 0.717) is 11.3 Å². The standard InChI is InChI=1S/C24H37N3O7/c1-7-21(25(6)13-14-28)26(23(33)27(18(3)30)24(4,5)22(31)32)15-20(34-16-17(2)29)19-11-9-8-10-12-19/h8-14,17,20-21,28-29H,7,15-16H2,1-6H3,(H,31,32)/b14-13-/t17-,20+,21?/m1/s1. The van der Waals surface area contributed by atoms with Crippen molar-refractivity contribution in [3.05, 3.63) is 48.4 Å². The second kappa shape index (κ2) is 13.0. The third kappa shape index (κ3) is 7.46. The molecule has 3 N–H and O–H groups in total. The molecular weight excluding hydrogens is 442 g/mol. The van der Waals surface area contributed by atoms with E-state index in [9.17, 15) is 29.7 Å². The maximum atomic E-state index is 13.8. The molecule has 3 atom stereocenters. The molecule has 0 radical (unpaired) electrons. The highest BCUT2D eigenvalue weighted by Crippen LogP contribution is 2.26. The number of aliphatic carboxylic acids is 1. The van der Waals surface area contributed by atoms with Gasteiger partial charge in [0.15, 0.2) is 0 Å². The molecule has 1 unspecified atom stereocenters. The number of carboxylic acids is 1. The number of hydrogen-bond acceptors (Lipinski definition) is 7. The van der Waals surface area contributed by atoms with Gasteiger partial charge in [-0.05, 0) is 32.8 Å². The van der Waals surface area contributed by atoms with Crippen LogP contribution >= 0.6 is 0 Å². The number of imide groups is 1. The molecule has 1 rings (SSSR count). The summed E-state index contributed by atoms with van der Waals surface area (Å²) in [5.41, 5.74) is -1.07. The normalized spacial score (nSPS) is 14.3. The van der Waals surface area contributed by atoms with E-state index in [2.05, 4.69) is 0 Å². The Bertz CT molecular complexity index is 842. The molecule has 10 heteroatoms. The Hall–Kier alpha value is -3.11. The maximum absolute atomic E-state index is 13.8. The summed E-state index contributed by atoms with van der Waals surface area (Å²) in [4.78, 5) is 41.9. The van der Waals surface area contributed by atoms with Crippen LogP contribution in [0.3, 0.4) is 0 Å². The lowest BCUT2D eigenvalue weighted by Gasteiger charge is -2.43. The molecule has 0 heterocycles. The molecule has 0 aromatic heterocycles. The number of urea groups is 1. The van der Waals surface area contributed by atoms with E-state index in [1.165, 1.54) is 24.9 Å². The lowest BCUT2D eigenvalue weighted by Crippen LogP contribution is -2.62. The van der Waals surface area contributed by atoms with Gasteiger partial charge in [-0.2, -0.15) is 0 Å². The van der Waals surface area contributed by atoms with Crippen LogP contribution in [-0.4, -0.2) is 85.9 Å². The Morgan fingerprint density at radius 1 is 1.18 bits per heavy atom. The van der Waals surface area contributed by atoms with Crippen molar-refractivity contribution in [2.24, 2.45) is 0 Å². The first-order chi connectivity index (χ1) is 15.9. The van der Waals surface area contributed by atoms with Crippen molar-refractivity contribution in [2.45, 2.75) is 65.0 Å². The van der Waals surface area contributed by atoms with Crippen molar-refractivity contribution < 1.29 is 34.4 Å². The maximum Gasteiger partial charge on any atom is 0.329 e. The number of benzene rings is 1. The number of aliphatic hydroxyl groups is 2. The molecule has 0 saturated carbocycles. The number of ether oxygens (including phenoxy) is 1. The van der Waals surface area contributed by atoms with Crippen molar-refractivity contribution in [1.82, 2.24) is 14.7 Å². The van der Waals surface area contributed by atoms with Gasteiger partial charge in [0.05, 0.1) is 25.5 Å². The molecule has 1 aromatic rings. The number of aliphatic hydroxyl groups excluding tert-OH is 2. The van der Waals surface area contributed by atoms with Gasteiger partial charge in [-0.3, -0.25) is 4.79 Å².